The van der Waals surface area contributed by atoms with Gasteiger partial charge in [-0.25, -0.2) is 4.98 Å². The van der Waals surface area contributed by atoms with E-state index in [0.717, 1.165) is 10.9 Å². The van der Waals surface area contributed by atoms with Gasteiger partial charge >= 0.3 is 0 Å². The number of ether oxygens (including phenoxy) is 2. The topological polar surface area (TPSA) is 56.3 Å². The average Bonchev–Trinajstić information content (AvgIpc) is 2.35. The maximum absolute atomic E-state index is 5.35. The molecule has 0 aromatic carbocycles. The Bertz CT molecular complexity index is 361. The number of nitrogens with one attached hydrogen (secondary N) is 1. The lowest BCUT2D eigenvalue weighted by atomic mass is 10.4. The minimum atomic E-state index is 0.509. The lowest BCUT2D eigenvalue weighted by Gasteiger charge is -2.07. The molecule has 6 heteroatoms. The largest absolute Gasteiger partial charge is 0.480 e. The standard InChI is InChI=1S/C11H16BrN3O2/c1-3-4-6-17-7-5-13-11-14-8-9(12)10(15-11)16-2/h3,8H,1,4-7H2,2H3,(H,13,14,15). The first-order valence-electron chi connectivity index (χ1n) is 5.27. The maximum Gasteiger partial charge on any atom is 0.232 e. The number of methoxy groups -OCH3 is 1. The van der Waals surface area contributed by atoms with Gasteiger partial charge in [-0.15, -0.1) is 6.58 Å². The molecule has 1 N–H and O–H groups in total. The first-order valence-corrected chi connectivity index (χ1v) is 6.06. The molecule has 5 nitrogen and oxygen atoms in total. The zero-order chi connectivity index (χ0) is 12.5. The molecule has 0 radical (unpaired) electrons. The van der Waals surface area contributed by atoms with Crippen LogP contribution in [-0.4, -0.2) is 36.8 Å². The van der Waals surface area contributed by atoms with Crippen molar-refractivity contribution in [2.45, 2.75) is 6.42 Å². The first kappa shape index (κ1) is 13.9. The van der Waals surface area contributed by atoms with Crippen molar-refractivity contribution in [2.75, 3.05) is 32.2 Å². The fraction of sp³-hybridized carbons (Fsp3) is 0.455. The number of nitrogens with zero attached hydrogens (tertiary/aromatic N) is 2. The van der Waals surface area contributed by atoms with Gasteiger partial charge in [0.05, 0.1) is 31.0 Å². The minimum Gasteiger partial charge on any atom is -0.480 e. The molecule has 1 rings (SSSR count). The fourth-order valence-electron chi connectivity index (χ4n) is 1.08. The average molecular weight is 302 g/mol. The van der Waals surface area contributed by atoms with Crippen molar-refractivity contribution < 1.29 is 9.47 Å². The molecule has 17 heavy (non-hydrogen) atoms. The molecule has 0 bridgehead atoms. The highest BCUT2D eigenvalue weighted by atomic mass is 79.9. The Hall–Kier alpha value is -1.14. The zero-order valence-corrected chi connectivity index (χ0v) is 11.4. The van der Waals surface area contributed by atoms with Crippen molar-refractivity contribution in [2.24, 2.45) is 0 Å². The van der Waals surface area contributed by atoms with Gasteiger partial charge in [0.1, 0.15) is 0 Å². The molecule has 0 aliphatic heterocycles. The van der Waals surface area contributed by atoms with Crippen LogP contribution in [0.5, 0.6) is 5.88 Å². The van der Waals surface area contributed by atoms with Gasteiger partial charge in [0.2, 0.25) is 11.8 Å². The second-order valence-corrected chi connectivity index (χ2v) is 4.02. The SMILES string of the molecule is C=CCCOCCNc1ncc(Br)c(OC)n1. The second-order valence-electron chi connectivity index (χ2n) is 3.17. The van der Waals surface area contributed by atoms with E-state index in [1.807, 2.05) is 6.08 Å². The minimum absolute atomic E-state index is 0.509. The molecule has 0 aliphatic rings. The van der Waals surface area contributed by atoms with E-state index in [-0.39, 0.29) is 0 Å². The van der Waals surface area contributed by atoms with Crippen LogP contribution in [0, 0.1) is 0 Å². The highest BCUT2D eigenvalue weighted by Crippen LogP contribution is 2.21. The molecule has 0 spiro atoms. The van der Waals surface area contributed by atoms with Crippen molar-refractivity contribution >= 4 is 21.9 Å². The Kier molecular flexibility index (Phi) is 6.57. The molecule has 0 fully saturated rings. The van der Waals surface area contributed by atoms with Crippen molar-refractivity contribution in [3.05, 3.63) is 23.3 Å². The maximum atomic E-state index is 5.35. The van der Waals surface area contributed by atoms with Gasteiger partial charge in [0, 0.05) is 6.54 Å². The van der Waals surface area contributed by atoms with E-state index in [1.54, 1.807) is 13.3 Å². The third-order valence-electron chi connectivity index (χ3n) is 1.90. The van der Waals surface area contributed by atoms with E-state index in [9.17, 15) is 0 Å². The number of hydrogen-bond donors (Lipinski definition) is 1. The van der Waals surface area contributed by atoms with Crippen LogP contribution in [0.1, 0.15) is 6.42 Å². The number of hydrogen-bond acceptors (Lipinski definition) is 5. The summed E-state index contributed by atoms with van der Waals surface area (Å²) in [4.78, 5) is 8.26. The molecule has 1 aromatic rings. The van der Waals surface area contributed by atoms with Crippen LogP contribution in [0.15, 0.2) is 23.3 Å². The number of anilines is 1. The van der Waals surface area contributed by atoms with Crippen molar-refractivity contribution in [3.63, 3.8) is 0 Å². The Balaban J connectivity index is 2.29. The normalized spacial score (nSPS) is 10.0. The molecule has 0 saturated heterocycles. The molecule has 1 aromatic heterocycles. The van der Waals surface area contributed by atoms with Crippen molar-refractivity contribution in [3.8, 4) is 5.88 Å². The molecular formula is C11H16BrN3O2. The van der Waals surface area contributed by atoms with Crippen LogP contribution in [0.3, 0.4) is 0 Å². The summed E-state index contributed by atoms with van der Waals surface area (Å²) in [6.07, 6.45) is 4.34. The van der Waals surface area contributed by atoms with Crippen molar-refractivity contribution in [1.82, 2.24) is 9.97 Å². The van der Waals surface area contributed by atoms with Gasteiger partial charge < -0.3 is 14.8 Å². The Morgan fingerprint density at radius 3 is 3.06 bits per heavy atom. The summed E-state index contributed by atoms with van der Waals surface area (Å²) in [6.45, 7) is 5.57. The van der Waals surface area contributed by atoms with Gasteiger partial charge in [-0.3, -0.25) is 0 Å². The summed E-state index contributed by atoms with van der Waals surface area (Å²) in [5.74, 6) is 1.03. The van der Waals surface area contributed by atoms with E-state index in [4.69, 9.17) is 9.47 Å². The van der Waals surface area contributed by atoms with Crippen LogP contribution in [0.4, 0.5) is 5.95 Å². The predicted molar refractivity (Wildman–Crippen MR) is 70.4 cm³/mol. The van der Waals surface area contributed by atoms with Crippen molar-refractivity contribution in [1.29, 1.82) is 0 Å². The molecule has 94 valence electrons. The summed E-state index contributed by atoms with van der Waals surface area (Å²) in [5.41, 5.74) is 0. The van der Waals surface area contributed by atoms with E-state index in [2.05, 4.69) is 37.8 Å². The zero-order valence-electron chi connectivity index (χ0n) is 9.78. The molecule has 0 amide bonds. The number of rotatable bonds is 8. The smallest absolute Gasteiger partial charge is 0.232 e. The van der Waals surface area contributed by atoms with E-state index in [1.165, 1.54) is 0 Å². The highest BCUT2D eigenvalue weighted by molar-refractivity contribution is 9.10. The molecule has 1 heterocycles. The molecule has 0 aliphatic carbocycles. The first-order chi connectivity index (χ1) is 8.27. The predicted octanol–water partition coefficient (Wildman–Crippen LogP) is 2.25. The molecule has 0 atom stereocenters. The third-order valence-corrected chi connectivity index (χ3v) is 2.45. The van der Waals surface area contributed by atoms with E-state index < -0.39 is 0 Å². The van der Waals surface area contributed by atoms with Crippen LogP contribution in [0.25, 0.3) is 0 Å². The van der Waals surface area contributed by atoms with Gasteiger partial charge in [-0.1, -0.05) is 6.08 Å². The summed E-state index contributed by atoms with van der Waals surface area (Å²) in [7, 11) is 1.56. The van der Waals surface area contributed by atoms with Crippen LogP contribution < -0.4 is 10.1 Å². The Morgan fingerprint density at radius 1 is 1.53 bits per heavy atom. The highest BCUT2D eigenvalue weighted by Gasteiger charge is 2.03. The quantitative estimate of drug-likeness (QED) is 0.589. The Morgan fingerprint density at radius 2 is 2.35 bits per heavy atom. The molecule has 0 saturated carbocycles. The molecule has 0 unspecified atom stereocenters. The third kappa shape index (κ3) is 5.14. The lowest BCUT2D eigenvalue weighted by Crippen LogP contribution is -2.12. The van der Waals surface area contributed by atoms with Gasteiger partial charge in [0.15, 0.2) is 0 Å². The van der Waals surface area contributed by atoms with Gasteiger partial charge in [0.25, 0.3) is 0 Å². The molecular weight excluding hydrogens is 286 g/mol. The number of aromatic nitrogens is 2. The van der Waals surface area contributed by atoms with Crippen LogP contribution in [-0.2, 0) is 4.74 Å². The lowest BCUT2D eigenvalue weighted by molar-refractivity contribution is 0.148. The second kappa shape index (κ2) is 8.03. The number of halogens is 1. The van der Waals surface area contributed by atoms with Gasteiger partial charge in [-0.05, 0) is 22.4 Å². The summed E-state index contributed by atoms with van der Waals surface area (Å²) in [6, 6.07) is 0. The van der Waals surface area contributed by atoms with Crippen LogP contribution in [0.2, 0.25) is 0 Å². The fourth-order valence-corrected chi connectivity index (χ4v) is 1.44. The van der Waals surface area contributed by atoms with Crippen LogP contribution >= 0.6 is 15.9 Å². The summed E-state index contributed by atoms with van der Waals surface area (Å²) in [5, 5.41) is 3.05. The van der Waals surface area contributed by atoms with E-state index in [0.29, 0.717) is 31.6 Å². The Labute approximate surface area is 109 Å². The summed E-state index contributed by atoms with van der Waals surface area (Å²) < 4.78 is 11.1. The van der Waals surface area contributed by atoms with E-state index >= 15 is 0 Å². The summed E-state index contributed by atoms with van der Waals surface area (Å²) >= 11 is 3.29. The van der Waals surface area contributed by atoms with Gasteiger partial charge in [-0.2, -0.15) is 4.98 Å². The monoisotopic (exact) mass is 301 g/mol.